The number of rotatable bonds is 5. The molecule has 1 aliphatic rings. The molecule has 0 aromatic carbocycles. The van der Waals surface area contributed by atoms with E-state index in [1.807, 2.05) is 17.9 Å². The lowest BCUT2D eigenvalue weighted by atomic mass is 10.1. The van der Waals surface area contributed by atoms with Crippen LogP contribution in [0.5, 0.6) is 0 Å². The van der Waals surface area contributed by atoms with Crippen LogP contribution in [-0.4, -0.2) is 51.8 Å². The van der Waals surface area contributed by atoms with Gasteiger partial charge in [-0.3, -0.25) is 14.5 Å². The number of aromatic nitrogens is 2. The van der Waals surface area contributed by atoms with E-state index in [0.29, 0.717) is 0 Å². The summed E-state index contributed by atoms with van der Waals surface area (Å²) in [6.07, 6.45) is 6.07. The Morgan fingerprint density at radius 1 is 1.37 bits per heavy atom. The molecule has 0 aliphatic carbocycles. The summed E-state index contributed by atoms with van der Waals surface area (Å²) in [5, 5.41) is 13.4. The molecule has 5 heteroatoms. The van der Waals surface area contributed by atoms with Crippen LogP contribution in [0.15, 0.2) is 12.4 Å². The number of aryl methyl sites for hydroxylation is 1. The van der Waals surface area contributed by atoms with E-state index in [4.69, 9.17) is 0 Å². The van der Waals surface area contributed by atoms with Crippen LogP contribution < -0.4 is 0 Å². The van der Waals surface area contributed by atoms with Gasteiger partial charge in [-0.2, -0.15) is 10.4 Å². The molecule has 0 amide bonds. The first-order valence-corrected chi connectivity index (χ1v) is 7.06. The van der Waals surface area contributed by atoms with E-state index in [1.165, 1.54) is 5.56 Å². The van der Waals surface area contributed by atoms with Crippen LogP contribution in [0.1, 0.15) is 25.3 Å². The molecule has 1 aromatic heterocycles. The van der Waals surface area contributed by atoms with Crippen LogP contribution in [0.2, 0.25) is 0 Å². The monoisotopic (exact) mass is 261 g/mol. The molecular formula is C14H23N5. The van der Waals surface area contributed by atoms with Crippen LogP contribution in [0.25, 0.3) is 0 Å². The van der Waals surface area contributed by atoms with Crippen molar-refractivity contribution in [2.75, 3.05) is 26.2 Å². The maximum atomic E-state index is 9.20. The topological polar surface area (TPSA) is 48.1 Å². The van der Waals surface area contributed by atoms with Gasteiger partial charge in [0.05, 0.1) is 18.3 Å². The zero-order chi connectivity index (χ0) is 13.7. The number of nitriles is 1. The van der Waals surface area contributed by atoms with E-state index >= 15 is 0 Å². The van der Waals surface area contributed by atoms with Gasteiger partial charge in [0.15, 0.2) is 0 Å². The molecule has 2 rings (SSSR count). The first-order chi connectivity index (χ1) is 9.22. The van der Waals surface area contributed by atoms with E-state index in [-0.39, 0.29) is 6.04 Å². The molecule has 1 fully saturated rings. The van der Waals surface area contributed by atoms with E-state index < -0.39 is 0 Å². The van der Waals surface area contributed by atoms with Crippen molar-refractivity contribution in [1.82, 2.24) is 19.6 Å². The van der Waals surface area contributed by atoms with Gasteiger partial charge in [-0.25, -0.2) is 0 Å². The molecule has 1 atom stereocenters. The number of piperazine rings is 1. The Kier molecular flexibility index (Phi) is 4.94. The minimum atomic E-state index is 0.102. The second-order valence-electron chi connectivity index (χ2n) is 5.27. The van der Waals surface area contributed by atoms with E-state index in [1.54, 1.807) is 0 Å². The molecule has 0 radical (unpaired) electrons. The van der Waals surface area contributed by atoms with Crippen molar-refractivity contribution in [2.45, 2.75) is 32.4 Å². The largest absolute Gasteiger partial charge is 0.296 e. The highest BCUT2D eigenvalue weighted by Crippen LogP contribution is 2.12. The lowest BCUT2D eigenvalue weighted by Gasteiger charge is -2.36. The molecule has 0 N–H and O–H groups in total. The van der Waals surface area contributed by atoms with Crippen molar-refractivity contribution in [3.8, 4) is 6.07 Å². The molecule has 5 nitrogen and oxygen atoms in total. The van der Waals surface area contributed by atoms with E-state index in [9.17, 15) is 5.26 Å². The predicted molar refractivity (Wildman–Crippen MR) is 74.4 cm³/mol. The van der Waals surface area contributed by atoms with Gasteiger partial charge in [-0.15, -0.1) is 0 Å². The SMILES string of the molecule is CCCC(C#N)N1CCN(Cc2cnn(C)c2)CC1. The predicted octanol–water partition coefficient (Wildman–Crippen LogP) is 1.23. The fourth-order valence-electron chi connectivity index (χ4n) is 2.65. The number of hydrogen-bond donors (Lipinski definition) is 0. The van der Waals surface area contributed by atoms with Crippen LogP contribution in [-0.2, 0) is 13.6 Å². The van der Waals surface area contributed by atoms with Gasteiger partial charge in [0.1, 0.15) is 0 Å². The summed E-state index contributed by atoms with van der Waals surface area (Å²) < 4.78 is 1.85. The minimum Gasteiger partial charge on any atom is -0.296 e. The zero-order valence-electron chi connectivity index (χ0n) is 11.9. The Morgan fingerprint density at radius 2 is 2.11 bits per heavy atom. The Bertz CT molecular complexity index is 425. The first kappa shape index (κ1) is 14.0. The van der Waals surface area contributed by atoms with E-state index in [2.05, 4.69) is 34.1 Å². The van der Waals surface area contributed by atoms with Crippen LogP contribution in [0.4, 0.5) is 0 Å². The average molecular weight is 261 g/mol. The lowest BCUT2D eigenvalue weighted by molar-refractivity contribution is 0.106. The van der Waals surface area contributed by atoms with Crippen LogP contribution in [0, 0.1) is 11.3 Å². The van der Waals surface area contributed by atoms with Crippen molar-refractivity contribution < 1.29 is 0 Å². The molecular weight excluding hydrogens is 238 g/mol. The van der Waals surface area contributed by atoms with Gasteiger partial charge in [0, 0.05) is 51.5 Å². The Balaban J connectivity index is 1.80. The van der Waals surface area contributed by atoms with Gasteiger partial charge in [0.2, 0.25) is 0 Å². The molecule has 104 valence electrons. The summed E-state index contributed by atoms with van der Waals surface area (Å²) in [6.45, 7) is 7.18. The quantitative estimate of drug-likeness (QED) is 0.800. The summed E-state index contributed by atoms with van der Waals surface area (Å²) in [5.74, 6) is 0. The molecule has 1 unspecified atom stereocenters. The van der Waals surface area contributed by atoms with Crippen molar-refractivity contribution in [3.05, 3.63) is 18.0 Å². The van der Waals surface area contributed by atoms with Gasteiger partial charge in [0.25, 0.3) is 0 Å². The Labute approximate surface area is 115 Å². The van der Waals surface area contributed by atoms with Gasteiger partial charge in [-0.05, 0) is 6.42 Å². The van der Waals surface area contributed by atoms with E-state index in [0.717, 1.165) is 45.6 Å². The maximum Gasteiger partial charge on any atom is 0.0978 e. The third-order valence-corrected chi connectivity index (χ3v) is 3.72. The molecule has 1 aliphatic heterocycles. The zero-order valence-corrected chi connectivity index (χ0v) is 11.9. The van der Waals surface area contributed by atoms with Crippen molar-refractivity contribution in [1.29, 1.82) is 5.26 Å². The van der Waals surface area contributed by atoms with Crippen molar-refractivity contribution in [2.24, 2.45) is 7.05 Å². The van der Waals surface area contributed by atoms with Gasteiger partial charge >= 0.3 is 0 Å². The highest BCUT2D eigenvalue weighted by molar-refractivity contribution is 5.04. The van der Waals surface area contributed by atoms with Crippen molar-refractivity contribution in [3.63, 3.8) is 0 Å². The molecule has 0 bridgehead atoms. The number of hydrogen-bond acceptors (Lipinski definition) is 4. The highest BCUT2D eigenvalue weighted by Gasteiger charge is 2.23. The first-order valence-electron chi connectivity index (χ1n) is 7.06. The fourth-order valence-corrected chi connectivity index (χ4v) is 2.65. The van der Waals surface area contributed by atoms with Gasteiger partial charge < -0.3 is 0 Å². The second-order valence-corrected chi connectivity index (χ2v) is 5.27. The second kappa shape index (κ2) is 6.69. The average Bonchev–Trinajstić information content (AvgIpc) is 2.82. The molecule has 1 saturated heterocycles. The van der Waals surface area contributed by atoms with Crippen LogP contribution >= 0.6 is 0 Å². The summed E-state index contributed by atoms with van der Waals surface area (Å²) >= 11 is 0. The summed E-state index contributed by atoms with van der Waals surface area (Å²) in [7, 11) is 1.95. The third-order valence-electron chi connectivity index (χ3n) is 3.72. The summed E-state index contributed by atoms with van der Waals surface area (Å²) in [6, 6.07) is 2.54. The standard InChI is InChI=1S/C14H23N5/c1-3-4-14(9-15)19-7-5-18(6-8-19)12-13-10-16-17(2)11-13/h10-11,14H,3-8,12H2,1-2H3. The summed E-state index contributed by atoms with van der Waals surface area (Å²) in [5.41, 5.74) is 1.27. The molecule has 0 spiro atoms. The number of nitrogens with zero attached hydrogens (tertiary/aromatic N) is 5. The Hall–Kier alpha value is -1.38. The minimum absolute atomic E-state index is 0.102. The van der Waals surface area contributed by atoms with Crippen molar-refractivity contribution >= 4 is 0 Å². The molecule has 2 heterocycles. The van der Waals surface area contributed by atoms with Gasteiger partial charge in [-0.1, -0.05) is 13.3 Å². The molecule has 1 aromatic rings. The molecule has 0 saturated carbocycles. The Morgan fingerprint density at radius 3 is 2.63 bits per heavy atom. The lowest BCUT2D eigenvalue weighted by Crippen LogP contribution is -2.49. The fraction of sp³-hybridized carbons (Fsp3) is 0.714. The third kappa shape index (κ3) is 3.79. The normalized spacial score (nSPS) is 19.2. The van der Waals surface area contributed by atoms with Crippen LogP contribution in [0.3, 0.4) is 0 Å². The maximum absolute atomic E-state index is 9.20. The smallest absolute Gasteiger partial charge is 0.0978 e. The summed E-state index contributed by atoms with van der Waals surface area (Å²) in [4.78, 5) is 4.76. The highest BCUT2D eigenvalue weighted by atomic mass is 15.3. The molecule has 19 heavy (non-hydrogen) atoms.